The first-order chi connectivity index (χ1) is 12.3. The van der Waals surface area contributed by atoms with E-state index in [9.17, 15) is 4.79 Å². The highest BCUT2D eigenvalue weighted by molar-refractivity contribution is 7.22. The SMILES string of the molecule is O=C(NN(c1ccccc1)c1nc2ccccc2s1)c1ccccc1. The maximum absolute atomic E-state index is 12.6. The molecular formula is C20H15N3OS. The zero-order chi connectivity index (χ0) is 17.1. The molecule has 0 bridgehead atoms. The van der Waals surface area contributed by atoms with Gasteiger partial charge in [-0.15, -0.1) is 0 Å². The molecule has 1 aromatic heterocycles. The summed E-state index contributed by atoms with van der Waals surface area (Å²) in [5, 5.41) is 2.46. The van der Waals surface area contributed by atoms with E-state index in [0.717, 1.165) is 21.0 Å². The zero-order valence-electron chi connectivity index (χ0n) is 13.3. The van der Waals surface area contributed by atoms with Crippen LogP contribution < -0.4 is 10.4 Å². The van der Waals surface area contributed by atoms with Crippen molar-refractivity contribution >= 4 is 38.3 Å². The fraction of sp³-hybridized carbons (Fsp3) is 0. The van der Waals surface area contributed by atoms with E-state index < -0.39 is 0 Å². The fourth-order valence-corrected chi connectivity index (χ4v) is 3.46. The smallest absolute Gasteiger partial charge is 0.267 e. The molecule has 1 amide bonds. The maximum atomic E-state index is 12.6. The molecule has 0 aliphatic carbocycles. The van der Waals surface area contributed by atoms with Gasteiger partial charge in [0.2, 0.25) is 5.13 Å². The van der Waals surface area contributed by atoms with Crippen LogP contribution in [0.1, 0.15) is 10.4 Å². The second kappa shape index (κ2) is 6.75. The molecule has 122 valence electrons. The van der Waals surface area contributed by atoms with Crippen LogP contribution in [0.3, 0.4) is 0 Å². The number of rotatable bonds is 4. The Labute approximate surface area is 149 Å². The van der Waals surface area contributed by atoms with E-state index in [0.29, 0.717) is 5.56 Å². The molecule has 0 saturated carbocycles. The van der Waals surface area contributed by atoms with E-state index in [-0.39, 0.29) is 5.91 Å². The predicted octanol–water partition coefficient (Wildman–Crippen LogP) is 4.78. The maximum Gasteiger partial charge on any atom is 0.270 e. The number of anilines is 2. The van der Waals surface area contributed by atoms with Crippen LogP contribution in [0.25, 0.3) is 10.2 Å². The molecule has 4 aromatic rings. The van der Waals surface area contributed by atoms with Gasteiger partial charge in [-0.25, -0.2) is 9.99 Å². The van der Waals surface area contributed by atoms with Crippen molar-refractivity contribution in [3.05, 3.63) is 90.5 Å². The topological polar surface area (TPSA) is 45.2 Å². The summed E-state index contributed by atoms with van der Waals surface area (Å²) < 4.78 is 1.08. The summed E-state index contributed by atoms with van der Waals surface area (Å²) in [6, 6.07) is 26.8. The van der Waals surface area contributed by atoms with Gasteiger partial charge in [0.1, 0.15) is 0 Å². The highest BCUT2D eigenvalue weighted by Crippen LogP contribution is 2.32. The van der Waals surface area contributed by atoms with Crippen molar-refractivity contribution in [1.82, 2.24) is 10.4 Å². The second-order valence-electron chi connectivity index (χ2n) is 5.44. The van der Waals surface area contributed by atoms with Crippen molar-refractivity contribution in [3.63, 3.8) is 0 Å². The molecule has 4 rings (SSSR count). The molecule has 0 atom stereocenters. The van der Waals surface area contributed by atoms with Gasteiger partial charge in [0.15, 0.2) is 0 Å². The number of hydrogen-bond donors (Lipinski definition) is 1. The molecule has 4 nitrogen and oxygen atoms in total. The molecule has 1 N–H and O–H groups in total. The van der Waals surface area contributed by atoms with Gasteiger partial charge in [0, 0.05) is 5.56 Å². The summed E-state index contributed by atoms with van der Waals surface area (Å²) in [5.41, 5.74) is 5.34. The minimum Gasteiger partial charge on any atom is -0.267 e. The first kappa shape index (κ1) is 15.4. The number of nitrogens with one attached hydrogen (secondary N) is 1. The number of aromatic nitrogens is 1. The number of thiazole rings is 1. The Bertz CT molecular complexity index is 966. The average Bonchev–Trinajstić information content (AvgIpc) is 3.11. The first-order valence-corrected chi connectivity index (χ1v) is 8.70. The van der Waals surface area contributed by atoms with Crippen molar-refractivity contribution in [3.8, 4) is 0 Å². The quantitative estimate of drug-likeness (QED) is 0.541. The van der Waals surface area contributed by atoms with Crippen LogP contribution in [0, 0.1) is 0 Å². The Kier molecular flexibility index (Phi) is 4.14. The third-order valence-electron chi connectivity index (χ3n) is 3.74. The summed E-state index contributed by atoms with van der Waals surface area (Å²) in [7, 11) is 0. The van der Waals surface area contributed by atoms with Gasteiger partial charge in [-0.3, -0.25) is 10.2 Å². The van der Waals surface area contributed by atoms with Crippen LogP contribution in [0.5, 0.6) is 0 Å². The minimum atomic E-state index is -0.177. The number of carbonyl (C=O) groups excluding carboxylic acids is 1. The Hall–Kier alpha value is -3.18. The average molecular weight is 345 g/mol. The lowest BCUT2D eigenvalue weighted by Gasteiger charge is -2.22. The zero-order valence-corrected chi connectivity index (χ0v) is 14.1. The Morgan fingerprint density at radius 1 is 0.840 bits per heavy atom. The highest BCUT2D eigenvalue weighted by Gasteiger charge is 2.17. The summed E-state index contributed by atoms with van der Waals surface area (Å²) in [6.07, 6.45) is 0. The van der Waals surface area contributed by atoms with Crippen molar-refractivity contribution < 1.29 is 4.79 Å². The van der Waals surface area contributed by atoms with Gasteiger partial charge in [-0.1, -0.05) is 59.9 Å². The number of para-hydroxylation sites is 2. The lowest BCUT2D eigenvalue weighted by atomic mass is 10.2. The number of hydrazine groups is 1. The first-order valence-electron chi connectivity index (χ1n) is 7.88. The predicted molar refractivity (Wildman–Crippen MR) is 102 cm³/mol. The van der Waals surface area contributed by atoms with Crippen LogP contribution in [0.2, 0.25) is 0 Å². The van der Waals surface area contributed by atoms with Crippen LogP contribution in [0.4, 0.5) is 10.8 Å². The van der Waals surface area contributed by atoms with Gasteiger partial charge in [-0.05, 0) is 36.4 Å². The van der Waals surface area contributed by atoms with Crippen molar-refractivity contribution in [2.24, 2.45) is 0 Å². The molecule has 25 heavy (non-hydrogen) atoms. The van der Waals surface area contributed by atoms with Crippen LogP contribution in [-0.2, 0) is 0 Å². The number of carbonyl (C=O) groups is 1. The van der Waals surface area contributed by atoms with Crippen LogP contribution >= 0.6 is 11.3 Å². The standard InChI is InChI=1S/C20H15N3OS/c24-19(15-9-3-1-4-10-15)22-23(16-11-5-2-6-12-16)20-21-17-13-7-8-14-18(17)25-20/h1-14H,(H,22,24). The van der Waals surface area contributed by atoms with Gasteiger partial charge >= 0.3 is 0 Å². The van der Waals surface area contributed by atoms with Crippen molar-refractivity contribution in [2.45, 2.75) is 0 Å². The highest BCUT2D eigenvalue weighted by atomic mass is 32.1. The third kappa shape index (κ3) is 3.22. The molecule has 3 aromatic carbocycles. The molecular weight excluding hydrogens is 330 g/mol. The van der Waals surface area contributed by atoms with Gasteiger partial charge < -0.3 is 0 Å². The number of amides is 1. The molecule has 0 aliphatic rings. The summed E-state index contributed by atoms with van der Waals surface area (Å²) >= 11 is 1.54. The van der Waals surface area contributed by atoms with Gasteiger partial charge in [-0.2, -0.15) is 0 Å². The van der Waals surface area contributed by atoms with Crippen molar-refractivity contribution in [2.75, 3.05) is 5.01 Å². The van der Waals surface area contributed by atoms with Crippen LogP contribution in [0.15, 0.2) is 84.9 Å². The van der Waals surface area contributed by atoms with Gasteiger partial charge in [0.05, 0.1) is 15.9 Å². The second-order valence-corrected chi connectivity index (χ2v) is 6.45. The molecule has 0 spiro atoms. The summed E-state index contributed by atoms with van der Waals surface area (Å²) in [6.45, 7) is 0. The lowest BCUT2D eigenvalue weighted by molar-refractivity contribution is 0.0953. The molecule has 0 fully saturated rings. The van der Waals surface area contributed by atoms with E-state index in [1.54, 1.807) is 17.1 Å². The largest absolute Gasteiger partial charge is 0.270 e. The number of hydrogen-bond acceptors (Lipinski definition) is 4. The Balaban J connectivity index is 1.73. The molecule has 0 saturated heterocycles. The van der Waals surface area contributed by atoms with E-state index in [2.05, 4.69) is 10.4 Å². The number of nitrogens with zero attached hydrogens (tertiary/aromatic N) is 2. The monoisotopic (exact) mass is 345 g/mol. The van der Waals surface area contributed by atoms with Gasteiger partial charge in [0.25, 0.3) is 5.91 Å². The molecule has 1 heterocycles. The lowest BCUT2D eigenvalue weighted by Crippen LogP contribution is -2.38. The summed E-state index contributed by atoms with van der Waals surface area (Å²) in [4.78, 5) is 17.3. The summed E-state index contributed by atoms with van der Waals surface area (Å²) in [5.74, 6) is -0.177. The van der Waals surface area contributed by atoms with E-state index in [4.69, 9.17) is 0 Å². The molecule has 0 unspecified atom stereocenters. The normalized spacial score (nSPS) is 10.6. The number of fused-ring (bicyclic) bond motifs is 1. The third-order valence-corrected chi connectivity index (χ3v) is 4.76. The molecule has 0 aliphatic heterocycles. The Morgan fingerprint density at radius 2 is 1.48 bits per heavy atom. The molecule has 0 radical (unpaired) electrons. The Morgan fingerprint density at radius 3 is 2.20 bits per heavy atom. The number of benzene rings is 3. The fourth-order valence-electron chi connectivity index (χ4n) is 2.51. The van der Waals surface area contributed by atoms with E-state index in [1.165, 1.54) is 11.3 Å². The minimum absolute atomic E-state index is 0.177. The van der Waals surface area contributed by atoms with Crippen molar-refractivity contribution in [1.29, 1.82) is 0 Å². The van der Waals surface area contributed by atoms with Crippen LogP contribution in [-0.4, -0.2) is 10.9 Å². The van der Waals surface area contributed by atoms with E-state index >= 15 is 0 Å². The molecule has 5 heteroatoms. The van der Waals surface area contributed by atoms with E-state index in [1.807, 2.05) is 72.8 Å².